The van der Waals surface area contributed by atoms with Gasteiger partial charge >= 0.3 is 0 Å². The Labute approximate surface area is 164 Å². The molecule has 0 fully saturated rings. The first-order chi connectivity index (χ1) is 12.2. The van der Waals surface area contributed by atoms with Crippen LogP contribution in [-0.4, -0.2) is 12.9 Å². The highest BCUT2D eigenvalue weighted by Crippen LogP contribution is 2.50. The summed E-state index contributed by atoms with van der Waals surface area (Å²) in [6, 6.07) is 2.00. The Hall–Kier alpha value is -1.42. The van der Waals surface area contributed by atoms with Crippen molar-refractivity contribution >= 4 is 33.4 Å². The van der Waals surface area contributed by atoms with Crippen LogP contribution in [0.25, 0.3) is 11.1 Å². The number of carbonyl (C=O) groups excluding carboxylic acids is 1. The number of allylic oxidation sites excluding steroid dienone is 4. The van der Waals surface area contributed by atoms with E-state index in [0.717, 1.165) is 22.9 Å². The molecule has 0 bridgehead atoms. The van der Waals surface area contributed by atoms with Gasteiger partial charge in [0.15, 0.2) is 12.1 Å². The number of benzene rings is 1. The zero-order valence-electron chi connectivity index (χ0n) is 16.5. The smallest absolute Gasteiger partial charge is 0.178 e. The van der Waals surface area contributed by atoms with Gasteiger partial charge in [-0.25, -0.2) is 4.39 Å². The molecule has 2 rings (SSSR count). The Morgan fingerprint density at radius 1 is 1.42 bits per heavy atom. The largest absolute Gasteiger partial charge is 0.492 e. The number of rotatable bonds is 6. The lowest BCUT2D eigenvalue weighted by Gasteiger charge is -2.36. The summed E-state index contributed by atoms with van der Waals surface area (Å²) in [7, 11) is 0. The highest BCUT2D eigenvalue weighted by molar-refractivity contribution is 9.10. The molecule has 1 aliphatic rings. The second-order valence-electron chi connectivity index (χ2n) is 7.83. The van der Waals surface area contributed by atoms with E-state index in [4.69, 9.17) is 4.74 Å². The lowest BCUT2D eigenvalue weighted by Crippen LogP contribution is -2.24. The minimum atomic E-state index is -0.761. The van der Waals surface area contributed by atoms with Gasteiger partial charge in [-0.2, -0.15) is 0 Å². The van der Waals surface area contributed by atoms with E-state index in [-0.39, 0.29) is 11.7 Å². The normalized spacial score (nSPS) is 16.7. The Bertz CT molecular complexity index is 773. The van der Waals surface area contributed by atoms with Crippen LogP contribution < -0.4 is 4.74 Å². The van der Waals surface area contributed by atoms with Crippen molar-refractivity contribution in [1.82, 2.24) is 0 Å². The number of hydrogen-bond donors (Lipinski definition) is 0. The molecule has 0 atom stereocenters. The maximum Gasteiger partial charge on any atom is 0.178 e. The molecule has 0 aromatic heterocycles. The molecule has 0 radical (unpaired) electrons. The molecule has 4 heteroatoms. The molecular weight excluding hydrogens is 395 g/mol. The van der Waals surface area contributed by atoms with E-state index < -0.39 is 5.83 Å². The lowest BCUT2D eigenvalue weighted by molar-refractivity contribution is -0.106. The minimum absolute atomic E-state index is 0.0593. The van der Waals surface area contributed by atoms with Crippen molar-refractivity contribution < 1.29 is 13.9 Å². The van der Waals surface area contributed by atoms with Crippen LogP contribution in [0.4, 0.5) is 4.39 Å². The van der Waals surface area contributed by atoms with Crippen LogP contribution >= 0.6 is 15.9 Å². The van der Waals surface area contributed by atoms with E-state index in [0.29, 0.717) is 29.4 Å². The zero-order valence-corrected chi connectivity index (χ0v) is 18.1. The fourth-order valence-electron chi connectivity index (χ4n) is 3.49. The summed E-state index contributed by atoms with van der Waals surface area (Å²) >= 11 is 3.75. The van der Waals surface area contributed by atoms with Crippen LogP contribution in [0.15, 0.2) is 22.4 Å². The van der Waals surface area contributed by atoms with Crippen LogP contribution in [0.3, 0.4) is 0 Å². The van der Waals surface area contributed by atoms with E-state index in [2.05, 4.69) is 49.7 Å². The number of aldehydes is 1. The number of ether oxygens (including phenoxy) is 1. The van der Waals surface area contributed by atoms with Gasteiger partial charge in [-0.15, -0.1) is 0 Å². The van der Waals surface area contributed by atoms with Crippen molar-refractivity contribution in [1.29, 1.82) is 0 Å². The molecule has 0 saturated carbocycles. The SMILES string of the molecule is CCCOc1c(/C(C)=C(/F)C=O)cc2c(c1Br)C(C)(C)CC=C2C(C)C. The first-order valence-corrected chi connectivity index (χ1v) is 9.97. The molecular formula is C22H28BrFO2. The molecule has 1 aromatic carbocycles. The van der Waals surface area contributed by atoms with Crippen molar-refractivity contribution in [3.05, 3.63) is 39.1 Å². The van der Waals surface area contributed by atoms with Gasteiger partial charge in [-0.3, -0.25) is 4.79 Å². The fraction of sp³-hybridized carbons (Fsp3) is 0.500. The van der Waals surface area contributed by atoms with E-state index >= 15 is 0 Å². The van der Waals surface area contributed by atoms with Crippen molar-refractivity contribution in [3.8, 4) is 5.75 Å². The molecule has 142 valence electrons. The third-order valence-corrected chi connectivity index (χ3v) is 5.74. The van der Waals surface area contributed by atoms with Gasteiger partial charge in [-0.1, -0.05) is 40.7 Å². The second-order valence-corrected chi connectivity index (χ2v) is 8.62. The molecule has 0 spiro atoms. The molecule has 0 aliphatic heterocycles. The Morgan fingerprint density at radius 3 is 2.62 bits per heavy atom. The number of carbonyl (C=O) groups is 1. The summed E-state index contributed by atoms with van der Waals surface area (Å²) in [6.45, 7) is 12.9. The molecule has 0 heterocycles. The maximum absolute atomic E-state index is 14.1. The Morgan fingerprint density at radius 2 is 2.08 bits per heavy atom. The molecule has 1 aliphatic carbocycles. The topological polar surface area (TPSA) is 26.3 Å². The first kappa shape index (κ1) is 20.9. The number of fused-ring (bicyclic) bond motifs is 1. The fourth-order valence-corrected chi connectivity index (χ4v) is 4.56. The van der Waals surface area contributed by atoms with Gasteiger partial charge in [0.2, 0.25) is 0 Å². The third kappa shape index (κ3) is 3.80. The monoisotopic (exact) mass is 422 g/mol. The summed E-state index contributed by atoms with van der Waals surface area (Å²) in [5, 5.41) is 0. The van der Waals surface area contributed by atoms with Crippen molar-refractivity contribution in [2.45, 2.75) is 59.8 Å². The number of halogens is 2. The van der Waals surface area contributed by atoms with Crippen LogP contribution in [0.1, 0.15) is 71.1 Å². The molecule has 2 nitrogen and oxygen atoms in total. The summed E-state index contributed by atoms with van der Waals surface area (Å²) in [4.78, 5) is 11.0. The summed E-state index contributed by atoms with van der Waals surface area (Å²) in [6.07, 6.45) is 4.33. The van der Waals surface area contributed by atoms with Crippen LogP contribution in [0.5, 0.6) is 5.75 Å². The summed E-state index contributed by atoms with van der Waals surface area (Å²) < 4.78 is 21.0. The van der Waals surface area contributed by atoms with Gasteiger partial charge in [-0.05, 0) is 75.4 Å². The lowest BCUT2D eigenvalue weighted by atomic mass is 9.70. The number of hydrogen-bond acceptors (Lipinski definition) is 2. The molecule has 26 heavy (non-hydrogen) atoms. The molecule has 0 N–H and O–H groups in total. The van der Waals surface area contributed by atoms with Gasteiger partial charge in [0.05, 0.1) is 11.1 Å². The highest BCUT2D eigenvalue weighted by Gasteiger charge is 2.34. The molecule has 0 saturated heterocycles. The van der Waals surface area contributed by atoms with Gasteiger partial charge in [0.25, 0.3) is 0 Å². The zero-order chi connectivity index (χ0) is 19.6. The standard InChI is InChI=1S/C22H28BrFO2/c1-7-10-26-21-16(14(4)18(24)12-25)11-17-15(13(2)3)8-9-22(5,6)19(17)20(21)23/h8,11-13H,7,9-10H2,1-6H3/b18-14+. The van der Waals surface area contributed by atoms with E-state index in [1.54, 1.807) is 6.92 Å². The van der Waals surface area contributed by atoms with Crippen molar-refractivity contribution in [2.75, 3.05) is 6.61 Å². The molecule has 0 unspecified atom stereocenters. The predicted molar refractivity (Wildman–Crippen MR) is 110 cm³/mol. The minimum Gasteiger partial charge on any atom is -0.492 e. The van der Waals surface area contributed by atoms with Gasteiger partial charge in [0, 0.05) is 5.56 Å². The maximum atomic E-state index is 14.1. The van der Waals surface area contributed by atoms with Gasteiger partial charge in [0.1, 0.15) is 5.75 Å². The van der Waals surface area contributed by atoms with Crippen molar-refractivity contribution in [3.63, 3.8) is 0 Å². The van der Waals surface area contributed by atoms with Crippen LogP contribution in [0.2, 0.25) is 0 Å². The predicted octanol–water partition coefficient (Wildman–Crippen LogP) is 6.86. The second kappa shape index (κ2) is 8.08. The average Bonchev–Trinajstić information content (AvgIpc) is 2.58. The van der Waals surface area contributed by atoms with Crippen LogP contribution in [-0.2, 0) is 10.2 Å². The molecule has 1 aromatic rings. The first-order valence-electron chi connectivity index (χ1n) is 9.17. The van der Waals surface area contributed by atoms with Crippen molar-refractivity contribution in [2.24, 2.45) is 5.92 Å². The average molecular weight is 423 g/mol. The van der Waals surface area contributed by atoms with E-state index in [1.165, 1.54) is 11.1 Å². The third-order valence-electron chi connectivity index (χ3n) is 4.98. The van der Waals surface area contributed by atoms with Crippen LogP contribution in [0, 0.1) is 5.92 Å². The van der Waals surface area contributed by atoms with Gasteiger partial charge < -0.3 is 4.74 Å². The van der Waals surface area contributed by atoms with E-state index in [9.17, 15) is 9.18 Å². The quantitative estimate of drug-likeness (QED) is 0.369. The Kier molecular flexibility index (Phi) is 6.49. The summed E-state index contributed by atoms with van der Waals surface area (Å²) in [5.74, 6) is 0.216. The van der Waals surface area contributed by atoms with E-state index in [1.807, 2.05) is 13.0 Å². The Balaban J connectivity index is 2.86. The molecule has 0 amide bonds. The summed E-state index contributed by atoms with van der Waals surface area (Å²) in [5.41, 5.74) is 4.44. The highest BCUT2D eigenvalue weighted by atomic mass is 79.9.